The predicted octanol–water partition coefficient (Wildman–Crippen LogP) is 4.01. The van der Waals surface area contributed by atoms with Crippen LogP contribution in [0.1, 0.15) is 30.6 Å². The summed E-state index contributed by atoms with van der Waals surface area (Å²) in [6.07, 6.45) is 4.09. The highest BCUT2D eigenvalue weighted by atomic mass is 35.5. The molecule has 5 heteroatoms. The maximum Gasteiger partial charge on any atom is 0.253 e. The van der Waals surface area contributed by atoms with Crippen LogP contribution in [0.4, 0.5) is 11.4 Å². The van der Waals surface area contributed by atoms with Crippen molar-refractivity contribution in [3.63, 3.8) is 0 Å². The smallest absolute Gasteiger partial charge is 0.253 e. The van der Waals surface area contributed by atoms with Gasteiger partial charge in [0.25, 0.3) is 5.91 Å². The molecule has 0 radical (unpaired) electrons. The second-order valence-electron chi connectivity index (χ2n) is 4.85. The molecule has 1 atom stereocenters. The van der Waals surface area contributed by atoms with Crippen LogP contribution in [0.15, 0.2) is 42.7 Å². The van der Waals surface area contributed by atoms with Gasteiger partial charge in [0.1, 0.15) is 0 Å². The van der Waals surface area contributed by atoms with Crippen molar-refractivity contribution >= 4 is 28.9 Å². The number of halogens is 1. The maximum absolute atomic E-state index is 12.1. The number of hydrogen-bond acceptors (Lipinski definition) is 3. The Morgan fingerprint density at radius 1 is 1.33 bits per heavy atom. The van der Waals surface area contributed by atoms with Gasteiger partial charge < -0.3 is 10.6 Å². The molecule has 0 aliphatic heterocycles. The Kier molecular flexibility index (Phi) is 5.17. The molecule has 0 aliphatic rings. The summed E-state index contributed by atoms with van der Waals surface area (Å²) in [7, 11) is 0. The molecule has 0 aliphatic carbocycles. The lowest BCUT2D eigenvalue weighted by atomic mass is 10.2. The Morgan fingerprint density at radius 2 is 2.10 bits per heavy atom. The molecule has 2 aromatic rings. The Bertz CT molecular complexity index is 630. The molecule has 1 unspecified atom stereocenters. The Morgan fingerprint density at radius 3 is 2.81 bits per heavy atom. The second kappa shape index (κ2) is 7.09. The third-order valence-electron chi connectivity index (χ3n) is 3.14. The molecule has 1 aromatic carbocycles. The van der Waals surface area contributed by atoms with Crippen molar-refractivity contribution in [1.29, 1.82) is 0 Å². The maximum atomic E-state index is 12.1. The summed E-state index contributed by atoms with van der Waals surface area (Å²) in [5.41, 5.74) is 2.02. The summed E-state index contributed by atoms with van der Waals surface area (Å²) >= 11 is 6.10. The summed E-state index contributed by atoms with van der Waals surface area (Å²) < 4.78 is 0. The number of hydrogen-bond donors (Lipinski definition) is 2. The van der Waals surface area contributed by atoms with E-state index >= 15 is 0 Å². The molecular weight excluding hydrogens is 286 g/mol. The largest absolute Gasteiger partial charge is 0.353 e. The molecule has 1 heterocycles. The van der Waals surface area contributed by atoms with E-state index in [-0.39, 0.29) is 11.9 Å². The van der Waals surface area contributed by atoms with Crippen molar-refractivity contribution in [2.24, 2.45) is 0 Å². The lowest BCUT2D eigenvalue weighted by Crippen LogP contribution is -2.31. The zero-order chi connectivity index (χ0) is 15.2. The van der Waals surface area contributed by atoms with Crippen LogP contribution in [0.5, 0.6) is 0 Å². The fraction of sp³-hybridized carbons (Fsp3) is 0.250. The number of para-hydroxylation sites is 1. The number of benzene rings is 1. The lowest BCUT2D eigenvalue weighted by Gasteiger charge is -2.12. The molecule has 0 spiro atoms. The van der Waals surface area contributed by atoms with Crippen LogP contribution in [0.3, 0.4) is 0 Å². The zero-order valence-electron chi connectivity index (χ0n) is 12.1. The summed E-state index contributed by atoms with van der Waals surface area (Å²) in [4.78, 5) is 16.2. The number of amides is 1. The molecule has 0 bridgehead atoms. The van der Waals surface area contributed by atoms with Crippen LogP contribution in [0.25, 0.3) is 0 Å². The molecule has 1 amide bonds. The van der Waals surface area contributed by atoms with Crippen molar-refractivity contribution in [2.45, 2.75) is 26.3 Å². The van der Waals surface area contributed by atoms with E-state index in [0.29, 0.717) is 10.6 Å². The van der Waals surface area contributed by atoms with Crippen LogP contribution >= 0.6 is 11.6 Å². The fourth-order valence-electron chi connectivity index (χ4n) is 1.76. The highest BCUT2D eigenvalue weighted by Gasteiger charge is 2.10. The third-order valence-corrected chi connectivity index (χ3v) is 3.47. The topological polar surface area (TPSA) is 54.0 Å². The van der Waals surface area contributed by atoms with Gasteiger partial charge in [0.05, 0.1) is 28.2 Å². The van der Waals surface area contributed by atoms with Crippen molar-refractivity contribution in [3.8, 4) is 0 Å². The average molecular weight is 304 g/mol. The molecule has 0 saturated carbocycles. The number of pyridine rings is 1. The number of anilines is 2. The van der Waals surface area contributed by atoms with Crippen LogP contribution in [0.2, 0.25) is 5.02 Å². The van der Waals surface area contributed by atoms with Gasteiger partial charge in [0.15, 0.2) is 0 Å². The van der Waals surface area contributed by atoms with Crippen molar-refractivity contribution in [1.82, 2.24) is 10.3 Å². The van der Waals surface area contributed by atoms with Crippen LogP contribution in [-0.4, -0.2) is 16.9 Å². The Labute approximate surface area is 129 Å². The van der Waals surface area contributed by atoms with E-state index in [2.05, 4.69) is 15.6 Å². The van der Waals surface area contributed by atoms with E-state index in [1.807, 2.05) is 32.0 Å². The molecule has 110 valence electrons. The molecule has 4 nitrogen and oxygen atoms in total. The first-order chi connectivity index (χ1) is 10.1. The summed E-state index contributed by atoms with van der Waals surface area (Å²) in [5, 5.41) is 6.69. The second-order valence-corrected chi connectivity index (χ2v) is 5.26. The Balaban J connectivity index is 2.14. The molecule has 2 rings (SSSR count). The highest BCUT2D eigenvalue weighted by molar-refractivity contribution is 6.33. The molecule has 0 fully saturated rings. The predicted molar refractivity (Wildman–Crippen MR) is 86.2 cm³/mol. The molecule has 21 heavy (non-hydrogen) atoms. The standard InChI is InChI=1S/C16H18ClN3O/c1-3-11(2)19-16(21)12-8-13(10-18-9-12)20-15-7-5-4-6-14(15)17/h4-11,20H,3H2,1-2H3,(H,19,21). The first kappa shape index (κ1) is 15.3. The van der Waals surface area contributed by atoms with Crippen molar-refractivity contribution in [2.75, 3.05) is 5.32 Å². The molecular formula is C16H18ClN3O. The van der Waals surface area contributed by atoms with Crippen molar-refractivity contribution in [3.05, 3.63) is 53.3 Å². The van der Waals surface area contributed by atoms with Gasteiger partial charge in [-0.1, -0.05) is 30.7 Å². The van der Waals surface area contributed by atoms with Gasteiger partial charge in [-0.05, 0) is 31.5 Å². The van der Waals surface area contributed by atoms with Gasteiger partial charge >= 0.3 is 0 Å². The fourth-order valence-corrected chi connectivity index (χ4v) is 1.94. The van der Waals surface area contributed by atoms with E-state index in [1.54, 1.807) is 24.5 Å². The number of nitrogens with one attached hydrogen (secondary N) is 2. The minimum Gasteiger partial charge on any atom is -0.353 e. The number of nitrogens with zero attached hydrogens (tertiary/aromatic N) is 1. The van der Waals surface area contributed by atoms with E-state index in [4.69, 9.17) is 11.6 Å². The molecule has 2 N–H and O–H groups in total. The van der Waals surface area contributed by atoms with E-state index in [9.17, 15) is 4.79 Å². The minimum atomic E-state index is -0.125. The summed E-state index contributed by atoms with van der Waals surface area (Å²) in [6, 6.07) is 9.32. The monoisotopic (exact) mass is 303 g/mol. The SMILES string of the molecule is CCC(C)NC(=O)c1cncc(Nc2ccccc2Cl)c1. The first-order valence-electron chi connectivity index (χ1n) is 6.87. The van der Waals surface area contributed by atoms with E-state index in [1.165, 1.54) is 0 Å². The average Bonchev–Trinajstić information content (AvgIpc) is 2.49. The third kappa shape index (κ3) is 4.20. The van der Waals surface area contributed by atoms with Gasteiger partial charge in [0.2, 0.25) is 0 Å². The lowest BCUT2D eigenvalue weighted by molar-refractivity contribution is 0.0939. The molecule has 0 saturated heterocycles. The molecule has 1 aromatic heterocycles. The van der Waals surface area contributed by atoms with Gasteiger partial charge in [0, 0.05) is 12.2 Å². The number of rotatable bonds is 5. The summed E-state index contributed by atoms with van der Waals surface area (Å²) in [5.74, 6) is -0.125. The number of carbonyl (C=O) groups is 1. The van der Waals surface area contributed by atoms with Gasteiger partial charge in [-0.2, -0.15) is 0 Å². The van der Waals surface area contributed by atoms with E-state index < -0.39 is 0 Å². The van der Waals surface area contributed by atoms with Gasteiger partial charge in [-0.3, -0.25) is 9.78 Å². The van der Waals surface area contributed by atoms with Gasteiger partial charge in [-0.25, -0.2) is 0 Å². The van der Waals surface area contributed by atoms with Crippen LogP contribution < -0.4 is 10.6 Å². The summed E-state index contributed by atoms with van der Waals surface area (Å²) in [6.45, 7) is 4.00. The van der Waals surface area contributed by atoms with E-state index in [0.717, 1.165) is 17.8 Å². The minimum absolute atomic E-state index is 0.125. The first-order valence-corrected chi connectivity index (χ1v) is 7.25. The number of aromatic nitrogens is 1. The quantitative estimate of drug-likeness (QED) is 0.877. The zero-order valence-corrected chi connectivity index (χ0v) is 12.8. The van der Waals surface area contributed by atoms with Crippen LogP contribution in [-0.2, 0) is 0 Å². The van der Waals surface area contributed by atoms with Crippen molar-refractivity contribution < 1.29 is 4.79 Å². The van der Waals surface area contributed by atoms with Gasteiger partial charge in [-0.15, -0.1) is 0 Å². The Hall–Kier alpha value is -2.07. The van der Waals surface area contributed by atoms with Crippen LogP contribution in [0, 0.1) is 0 Å². The highest BCUT2D eigenvalue weighted by Crippen LogP contribution is 2.24. The number of carbonyl (C=O) groups excluding carboxylic acids is 1. The normalized spacial score (nSPS) is 11.8.